The highest BCUT2D eigenvalue weighted by atomic mass is 16.3. The molecule has 0 aliphatic carbocycles. The summed E-state index contributed by atoms with van der Waals surface area (Å²) in [7, 11) is 0. The number of β-amino-alcohol motifs (C(OH)–C–C–N with tert-alkyl or cyclic N) is 1. The molecule has 3 aromatic rings. The van der Waals surface area contributed by atoms with E-state index in [1.54, 1.807) is 0 Å². The third-order valence-corrected chi connectivity index (χ3v) is 5.18. The molecule has 0 bridgehead atoms. The van der Waals surface area contributed by atoms with E-state index in [-0.39, 0.29) is 12.0 Å². The van der Waals surface area contributed by atoms with Crippen LogP contribution in [0, 0.1) is 12.8 Å². The molecule has 5 heteroatoms. The van der Waals surface area contributed by atoms with Gasteiger partial charge in [0.2, 0.25) is 0 Å². The van der Waals surface area contributed by atoms with Crippen LogP contribution >= 0.6 is 0 Å². The summed E-state index contributed by atoms with van der Waals surface area (Å²) in [6.45, 7) is 4.36. The quantitative estimate of drug-likeness (QED) is 0.758. The minimum absolute atomic E-state index is 0.215. The van der Waals surface area contributed by atoms with Gasteiger partial charge in [0, 0.05) is 61.0 Å². The average molecular weight is 360 g/mol. The van der Waals surface area contributed by atoms with E-state index in [1.807, 2.05) is 55.0 Å². The molecule has 138 valence electrons. The highest BCUT2D eigenvalue weighted by Gasteiger charge is 2.31. The van der Waals surface area contributed by atoms with Gasteiger partial charge in [0.15, 0.2) is 5.82 Å². The van der Waals surface area contributed by atoms with Gasteiger partial charge in [-0.1, -0.05) is 30.3 Å². The van der Waals surface area contributed by atoms with Crippen LogP contribution in [-0.4, -0.2) is 44.2 Å². The third-order valence-electron chi connectivity index (χ3n) is 5.18. The van der Waals surface area contributed by atoms with Crippen LogP contribution in [0.3, 0.4) is 0 Å². The maximum absolute atomic E-state index is 10.4. The van der Waals surface area contributed by atoms with Gasteiger partial charge in [-0.2, -0.15) is 0 Å². The summed E-state index contributed by atoms with van der Waals surface area (Å²) >= 11 is 0. The second kappa shape index (κ2) is 7.94. The zero-order chi connectivity index (χ0) is 18.6. The fourth-order valence-electron chi connectivity index (χ4n) is 3.72. The molecule has 3 heterocycles. The van der Waals surface area contributed by atoms with Crippen LogP contribution in [0.1, 0.15) is 16.8 Å². The zero-order valence-electron chi connectivity index (χ0n) is 15.5. The summed E-state index contributed by atoms with van der Waals surface area (Å²) in [5.74, 6) is 0.971. The molecule has 27 heavy (non-hydrogen) atoms. The molecule has 2 aromatic heterocycles. The number of benzene rings is 1. The van der Waals surface area contributed by atoms with Gasteiger partial charge >= 0.3 is 0 Å². The zero-order valence-corrected chi connectivity index (χ0v) is 15.5. The molecule has 1 fully saturated rings. The summed E-state index contributed by atoms with van der Waals surface area (Å²) in [6.07, 6.45) is 6.09. The topological polar surface area (TPSA) is 62.1 Å². The van der Waals surface area contributed by atoms with E-state index >= 15 is 0 Å². The molecular formula is C22H24N4O. The number of aryl methyl sites for hydroxylation is 1. The van der Waals surface area contributed by atoms with Gasteiger partial charge in [-0.05, 0) is 31.0 Å². The smallest absolute Gasteiger partial charge is 0.159 e. The van der Waals surface area contributed by atoms with Crippen molar-refractivity contribution in [2.45, 2.75) is 26.0 Å². The highest BCUT2D eigenvalue weighted by Crippen LogP contribution is 2.23. The van der Waals surface area contributed by atoms with Gasteiger partial charge < -0.3 is 5.11 Å². The predicted molar refractivity (Wildman–Crippen MR) is 105 cm³/mol. The van der Waals surface area contributed by atoms with E-state index in [2.05, 4.69) is 32.8 Å². The van der Waals surface area contributed by atoms with Gasteiger partial charge in [-0.15, -0.1) is 0 Å². The normalized spacial score (nSPS) is 20.1. The van der Waals surface area contributed by atoms with Crippen LogP contribution < -0.4 is 0 Å². The van der Waals surface area contributed by atoms with E-state index in [4.69, 9.17) is 0 Å². The van der Waals surface area contributed by atoms with Crippen molar-refractivity contribution in [3.63, 3.8) is 0 Å². The van der Waals surface area contributed by atoms with Gasteiger partial charge in [-0.3, -0.25) is 9.88 Å². The molecule has 0 unspecified atom stereocenters. The largest absolute Gasteiger partial charge is 0.391 e. The average Bonchev–Trinajstić information content (AvgIpc) is 3.02. The van der Waals surface area contributed by atoms with Crippen LogP contribution in [0.2, 0.25) is 0 Å². The Morgan fingerprint density at radius 2 is 1.78 bits per heavy atom. The fourth-order valence-corrected chi connectivity index (χ4v) is 3.72. The Kier molecular flexibility index (Phi) is 5.23. The maximum Gasteiger partial charge on any atom is 0.159 e. The predicted octanol–water partition coefficient (Wildman–Crippen LogP) is 2.88. The molecule has 0 spiro atoms. The summed E-state index contributed by atoms with van der Waals surface area (Å²) in [5.41, 5.74) is 4.34. The number of hydrogen-bond donors (Lipinski definition) is 1. The Hall–Kier alpha value is -2.63. The van der Waals surface area contributed by atoms with Crippen LogP contribution in [0.5, 0.6) is 0 Å². The Labute approximate surface area is 159 Å². The number of rotatable bonds is 5. The number of pyridine rings is 1. The van der Waals surface area contributed by atoms with Crippen molar-refractivity contribution in [1.82, 2.24) is 19.9 Å². The monoisotopic (exact) mass is 360 g/mol. The summed E-state index contributed by atoms with van der Waals surface area (Å²) in [6, 6.07) is 14.1. The number of nitrogens with zero attached hydrogens (tertiary/aromatic N) is 4. The molecule has 4 rings (SSSR count). The first-order valence-corrected chi connectivity index (χ1v) is 9.36. The van der Waals surface area contributed by atoms with Crippen molar-refractivity contribution in [2.24, 2.45) is 5.92 Å². The summed E-state index contributed by atoms with van der Waals surface area (Å²) < 4.78 is 0. The van der Waals surface area contributed by atoms with E-state index in [1.165, 1.54) is 5.56 Å². The van der Waals surface area contributed by atoms with Crippen LogP contribution in [-0.2, 0) is 13.0 Å². The number of aliphatic hydroxyl groups excluding tert-OH is 1. The second-order valence-electron chi connectivity index (χ2n) is 7.28. The number of hydrogen-bond acceptors (Lipinski definition) is 5. The number of aromatic nitrogens is 3. The lowest BCUT2D eigenvalue weighted by Gasteiger charge is -2.15. The molecule has 2 atom stereocenters. The maximum atomic E-state index is 10.4. The Morgan fingerprint density at radius 1 is 1.00 bits per heavy atom. The SMILES string of the molecule is Cc1ccccc1-c1ncc(CN2C[C@@H](Cc3ccccn3)[C@H](O)C2)cn1. The van der Waals surface area contributed by atoms with Crippen LogP contribution in [0.4, 0.5) is 0 Å². The Morgan fingerprint density at radius 3 is 2.52 bits per heavy atom. The lowest BCUT2D eigenvalue weighted by molar-refractivity contribution is 0.140. The first-order chi connectivity index (χ1) is 13.2. The van der Waals surface area contributed by atoms with Crippen molar-refractivity contribution in [3.8, 4) is 11.4 Å². The van der Waals surface area contributed by atoms with E-state index in [0.717, 1.165) is 42.2 Å². The first-order valence-electron chi connectivity index (χ1n) is 9.36. The highest BCUT2D eigenvalue weighted by molar-refractivity contribution is 5.59. The minimum atomic E-state index is -0.320. The van der Waals surface area contributed by atoms with Gasteiger partial charge in [-0.25, -0.2) is 9.97 Å². The molecule has 1 aliphatic heterocycles. The van der Waals surface area contributed by atoms with E-state index in [9.17, 15) is 5.11 Å². The van der Waals surface area contributed by atoms with Gasteiger partial charge in [0.1, 0.15) is 0 Å². The van der Waals surface area contributed by atoms with E-state index < -0.39 is 0 Å². The van der Waals surface area contributed by atoms with Crippen molar-refractivity contribution < 1.29 is 5.11 Å². The standard InChI is InChI=1S/C22H24N4O/c1-16-6-2-3-8-20(16)22-24-11-17(12-25-22)13-26-14-18(21(27)15-26)10-19-7-4-5-9-23-19/h2-9,11-12,18,21,27H,10,13-15H2,1H3/t18-,21-/m1/s1. The lowest BCUT2D eigenvalue weighted by Crippen LogP contribution is -2.21. The molecule has 0 radical (unpaired) electrons. The van der Waals surface area contributed by atoms with Crippen molar-refractivity contribution in [1.29, 1.82) is 0 Å². The van der Waals surface area contributed by atoms with Gasteiger partial charge in [0.25, 0.3) is 0 Å². The third kappa shape index (κ3) is 4.21. The number of likely N-dealkylation sites (tertiary alicyclic amines) is 1. The molecule has 1 N–H and O–H groups in total. The second-order valence-corrected chi connectivity index (χ2v) is 7.28. The van der Waals surface area contributed by atoms with Gasteiger partial charge in [0.05, 0.1) is 6.10 Å². The first kappa shape index (κ1) is 17.8. The molecule has 1 aromatic carbocycles. The number of aliphatic hydroxyl groups is 1. The summed E-state index contributed by atoms with van der Waals surface area (Å²) in [5, 5.41) is 10.4. The van der Waals surface area contributed by atoms with Crippen molar-refractivity contribution in [3.05, 3.63) is 77.9 Å². The molecule has 0 amide bonds. The van der Waals surface area contributed by atoms with Crippen molar-refractivity contribution >= 4 is 0 Å². The molecular weight excluding hydrogens is 336 g/mol. The molecule has 0 saturated carbocycles. The van der Waals surface area contributed by atoms with Crippen molar-refractivity contribution in [2.75, 3.05) is 13.1 Å². The fraction of sp³-hybridized carbons (Fsp3) is 0.318. The molecule has 5 nitrogen and oxygen atoms in total. The molecule has 1 saturated heterocycles. The van der Waals surface area contributed by atoms with Crippen LogP contribution in [0.25, 0.3) is 11.4 Å². The Bertz CT molecular complexity index is 882. The summed E-state index contributed by atoms with van der Waals surface area (Å²) in [4.78, 5) is 15.7. The van der Waals surface area contributed by atoms with E-state index in [0.29, 0.717) is 6.54 Å². The minimum Gasteiger partial charge on any atom is -0.391 e. The molecule has 1 aliphatic rings. The lowest BCUT2D eigenvalue weighted by atomic mass is 10.00. The van der Waals surface area contributed by atoms with Crippen LogP contribution in [0.15, 0.2) is 61.1 Å². The Balaban J connectivity index is 1.39.